The summed E-state index contributed by atoms with van der Waals surface area (Å²) in [6, 6.07) is 10.1. The van der Waals surface area contributed by atoms with E-state index in [0.717, 1.165) is 88.2 Å². The van der Waals surface area contributed by atoms with Gasteiger partial charge in [-0.05, 0) is 68.2 Å². The number of unbranched alkanes of at least 4 members (excludes halogenated alkanes) is 12. The van der Waals surface area contributed by atoms with Crippen LogP contribution in [0.25, 0.3) is 0 Å². The Morgan fingerprint density at radius 3 is 1.54 bits per heavy atom. The third kappa shape index (κ3) is 15.6. The molecule has 6 N–H and O–H groups in total. The van der Waals surface area contributed by atoms with Crippen LogP contribution in [0.5, 0.6) is 11.5 Å². The molecule has 0 aromatic heterocycles. The lowest BCUT2D eigenvalue weighted by atomic mass is 9.97. The van der Waals surface area contributed by atoms with Gasteiger partial charge in [0.15, 0.2) is 0 Å². The molecule has 0 aliphatic carbocycles. The van der Waals surface area contributed by atoms with Gasteiger partial charge in [-0.15, -0.1) is 0 Å². The highest BCUT2D eigenvalue weighted by Gasteiger charge is 2.20. The molecule has 0 aliphatic heterocycles. The maximum absolute atomic E-state index is 12.9. The molecule has 1 atom stereocenters. The molecule has 0 aliphatic rings. The predicted octanol–water partition coefficient (Wildman–Crippen LogP) is 8.10. The van der Waals surface area contributed by atoms with E-state index in [0.29, 0.717) is 32.1 Å². The number of benzene rings is 2. The molecule has 0 saturated carbocycles. The average Bonchev–Trinajstić information content (AvgIpc) is 3.10. The smallest absolute Gasteiger partial charge is 0.273 e. The maximum Gasteiger partial charge on any atom is 0.273 e. The molecule has 50 heavy (non-hydrogen) atoms. The number of amides is 4. The number of rotatable bonds is 24. The molecule has 2 rings (SSSR count). The molecule has 10 nitrogen and oxygen atoms in total. The van der Waals surface area contributed by atoms with Crippen molar-refractivity contribution in [3.63, 3.8) is 0 Å². The van der Waals surface area contributed by atoms with Crippen LogP contribution in [0.15, 0.2) is 36.4 Å². The lowest BCUT2D eigenvalue weighted by Crippen LogP contribution is -2.44. The highest BCUT2D eigenvalue weighted by atomic mass is 16.3. The summed E-state index contributed by atoms with van der Waals surface area (Å²) in [6.07, 6.45) is 18.1. The fraction of sp³-hybridized carbons (Fsp3) is 0.600. The van der Waals surface area contributed by atoms with E-state index < -0.39 is 11.8 Å². The van der Waals surface area contributed by atoms with Crippen LogP contribution in [0.1, 0.15) is 168 Å². The van der Waals surface area contributed by atoms with Crippen LogP contribution in [0, 0.1) is 5.92 Å². The monoisotopic (exact) mass is 694 g/mol. The Kier molecular flexibility index (Phi) is 21.0. The van der Waals surface area contributed by atoms with E-state index in [4.69, 9.17) is 0 Å². The van der Waals surface area contributed by atoms with Gasteiger partial charge in [0.2, 0.25) is 11.8 Å². The first-order valence-electron chi connectivity index (χ1n) is 19.0. The Hall–Kier alpha value is -4.08. The summed E-state index contributed by atoms with van der Waals surface area (Å²) < 4.78 is 0. The first kappa shape index (κ1) is 42.1. The summed E-state index contributed by atoms with van der Waals surface area (Å²) in [7, 11) is 0. The molecule has 2 aromatic carbocycles. The van der Waals surface area contributed by atoms with Gasteiger partial charge in [0.25, 0.3) is 11.8 Å². The van der Waals surface area contributed by atoms with Gasteiger partial charge in [0, 0.05) is 12.3 Å². The Bertz CT molecular complexity index is 1330. The molecule has 0 radical (unpaired) electrons. The minimum atomic E-state index is -0.523. The molecule has 0 heterocycles. The highest BCUT2D eigenvalue weighted by Crippen LogP contribution is 2.24. The largest absolute Gasteiger partial charge is 0.507 e. The maximum atomic E-state index is 12.9. The number of carbonyl (C=O) groups excluding carboxylic acids is 4. The summed E-state index contributed by atoms with van der Waals surface area (Å²) in [5.41, 5.74) is 11.9. The highest BCUT2D eigenvalue weighted by molar-refractivity contribution is 6.00. The SMILES string of the molecule is CCCCCCCc1cccc(O)c1C(=O)NNC(=O)CCCCCCCC(CC)C(=O)NNC(=O)c1c(O)cccc1CCCCCCC. The second-order valence-electron chi connectivity index (χ2n) is 13.3. The van der Waals surface area contributed by atoms with E-state index in [2.05, 4.69) is 35.6 Å². The minimum Gasteiger partial charge on any atom is -0.507 e. The van der Waals surface area contributed by atoms with Gasteiger partial charge in [-0.2, -0.15) is 0 Å². The van der Waals surface area contributed by atoms with Crippen molar-refractivity contribution in [2.75, 3.05) is 0 Å². The van der Waals surface area contributed by atoms with Crippen molar-refractivity contribution in [3.8, 4) is 11.5 Å². The van der Waals surface area contributed by atoms with Crippen LogP contribution in [0.2, 0.25) is 0 Å². The zero-order chi connectivity index (χ0) is 36.6. The third-order valence-corrected chi connectivity index (χ3v) is 9.25. The number of carbonyl (C=O) groups is 4. The van der Waals surface area contributed by atoms with E-state index in [1.54, 1.807) is 12.1 Å². The Morgan fingerprint density at radius 2 is 1.02 bits per heavy atom. The molecule has 10 heteroatoms. The molecule has 0 fully saturated rings. The number of phenolic OH excluding ortho intramolecular Hbond substituents is 2. The van der Waals surface area contributed by atoms with Crippen molar-refractivity contribution in [3.05, 3.63) is 58.7 Å². The molecule has 278 valence electrons. The van der Waals surface area contributed by atoms with E-state index in [1.165, 1.54) is 25.0 Å². The van der Waals surface area contributed by atoms with Crippen LogP contribution in [-0.4, -0.2) is 33.8 Å². The Morgan fingerprint density at radius 1 is 0.560 bits per heavy atom. The lowest BCUT2D eigenvalue weighted by molar-refractivity contribution is -0.126. The summed E-state index contributed by atoms with van der Waals surface area (Å²) in [5, 5.41) is 20.7. The van der Waals surface area contributed by atoms with E-state index in [-0.39, 0.29) is 46.8 Å². The molecular formula is C40H62N4O6. The zero-order valence-corrected chi connectivity index (χ0v) is 30.7. The van der Waals surface area contributed by atoms with Crippen LogP contribution < -0.4 is 21.7 Å². The first-order valence-corrected chi connectivity index (χ1v) is 19.0. The number of aromatic hydroxyl groups is 2. The van der Waals surface area contributed by atoms with Gasteiger partial charge < -0.3 is 10.2 Å². The molecular weight excluding hydrogens is 632 g/mol. The van der Waals surface area contributed by atoms with Crippen molar-refractivity contribution in [1.29, 1.82) is 0 Å². The van der Waals surface area contributed by atoms with Gasteiger partial charge >= 0.3 is 0 Å². The Labute approximate surface area is 299 Å². The molecule has 0 saturated heterocycles. The standard InChI is InChI=1S/C40H62N4O6/c1-4-7-9-12-17-23-31-25-20-27-33(45)36(31)39(49)43-41-35(47)29-19-15-11-14-16-22-30(6-3)38(48)42-44-40(50)37-32(26-21-28-34(37)46)24-18-13-10-8-5-2/h20-21,25-28,30,45-46H,4-19,22-24,29H2,1-3H3,(H,41,47)(H,42,48)(H,43,49)(H,44,50). The molecule has 0 bridgehead atoms. The number of hydrazine groups is 2. The third-order valence-electron chi connectivity index (χ3n) is 9.25. The van der Waals surface area contributed by atoms with Gasteiger partial charge in [0.05, 0.1) is 11.1 Å². The molecule has 0 spiro atoms. The van der Waals surface area contributed by atoms with E-state index >= 15 is 0 Å². The fourth-order valence-corrected chi connectivity index (χ4v) is 6.21. The van der Waals surface area contributed by atoms with Gasteiger partial charge in [-0.25, -0.2) is 0 Å². The van der Waals surface area contributed by atoms with Crippen LogP contribution in [-0.2, 0) is 22.4 Å². The lowest BCUT2D eigenvalue weighted by Gasteiger charge is -2.17. The van der Waals surface area contributed by atoms with Gasteiger partial charge in [0.1, 0.15) is 11.5 Å². The molecule has 1 unspecified atom stereocenters. The van der Waals surface area contributed by atoms with Crippen LogP contribution >= 0.6 is 0 Å². The minimum absolute atomic E-state index is 0.0954. The number of aryl methyl sites for hydroxylation is 2. The predicted molar refractivity (Wildman–Crippen MR) is 198 cm³/mol. The quantitative estimate of drug-likeness (QED) is 0.0482. The number of phenols is 2. The number of nitrogens with one attached hydrogen (secondary N) is 4. The summed E-state index contributed by atoms with van der Waals surface area (Å²) >= 11 is 0. The summed E-state index contributed by atoms with van der Waals surface area (Å²) in [5.74, 6) is -2.03. The van der Waals surface area contributed by atoms with Crippen molar-refractivity contribution in [1.82, 2.24) is 21.7 Å². The van der Waals surface area contributed by atoms with Gasteiger partial charge in [-0.1, -0.05) is 122 Å². The molecule has 2 aromatic rings. The fourth-order valence-electron chi connectivity index (χ4n) is 6.21. The summed E-state index contributed by atoms with van der Waals surface area (Å²) in [6.45, 7) is 6.27. The van der Waals surface area contributed by atoms with Crippen LogP contribution in [0.3, 0.4) is 0 Å². The van der Waals surface area contributed by atoms with E-state index in [1.807, 2.05) is 19.1 Å². The average molecular weight is 695 g/mol. The summed E-state index contributed by atoms with van der Waals surface area (Å²) in [4.78, 5) is 50.9. The second-order valence-corrected chi connectivity index (χ2v) is 13.3. The van der Waals surface area contributed by atoms with Crippen molar-refractivity contribution in [2.24, 2.45) is 5.92 Å². The number of hydrogen-bond acceptors (Lipinski definition) is 6. The second kappa shape index (κ2) is 25.0. The van der Waals surface area contributed by atoms with Crippen molar-refractivity contribution in [2.45, 2.75) is 149 Å². The van der Waals surface area contributed by atoms with Crippen molar-refractivity contribution < 1.29 is 29.4 Å². The van der Waals surface area contributed by atoms with Crippen molar-refractivity contribution >= 4 is 23.6 Å². The zero-order valence-electron chi connectivity index (χ0n) is 30.7. The van der Waals surface area contributed by atoms with Gasteiger partial charge in [-0.3, -0.25) is 40.9 Å². The normalized spacial score (nSPS) is 11.5. The topological polar surface area (TPSA) is 157 Å². The molecule has 4 amide bonds. The Balaban J connectivity index is 1.66. The van der Waals surface area contributed by atoms with Crippen LogP contribution in [0.4, 0.5) is 0 Å². The van der Waals surface area contributed by atoms with E-state index in [9.17, 15) is 29.4 Å². The first-order chi connectivity index (χ1) is 24.2. The number of hydrogen-bond donors (Lipinski definition) is 6.